The molecule has 7 heteroatoms. The molecule has 3 aromatic rings. The highest BCUT2D eigenvalue weighted by atomic mass is 16.2. The number of piperidine rings is 1. The summed E-state index contributed by atoms with van der Waals surface area (Å²) in [6, 6.07) is 1.94. The van der Waals surface area contributed by atoms with Gasteiger partial charge in [0, 0.05) is 31.1 Å². The van der Waals surface area contributed by atoms with Crippen LogP contribution in [0.5, 0.6) is 0 Å². The first-order chi connectivity index (χ1) is 14.1. The summed E-state index contributed by atoms with van der Waals surface area (Å²) in [7, 11) is 0. The maximum Gasteiger partial charge on any atom is 0.326 e. The molecule has 0 aromatic carbocycles. The molecule has 1 aliphatic heterocycles. The summed E-state index contributed by atoms with van der Waals surface area (Å²) in [5, 5.41) is 0.943. The van der Waals surface area contributed by atoms with Crippen LogP contribution in [0.2, 0.25) is 0 Å². The highest BCUT2D eigenvalue weighted by Crippen LogP contribution is 2.33. The minimum Gasteiger partial charge on any atom is -0.346 e. The van der Waals surface area contributed by atoms with Gasteiger partial charge in [-0.05, 0) is 37.2 Å². The van der Waals surface area contributed by atoms with Crippen LogP contribution in [0, 0.1) is 11.8 Å². The Balaban J connectivity index is 1.45. The summed E-state index contributed by atoms with van der Waals surface area (Å²) in [6.07, 6.45) is 11.3. The van der Waals surface area contributed by atoms with Crippen molar-refractivity contribution < 1.29 is 4.79 Å². The average Bonchev–Trinajstić information content (AvgIpc) is 3.32. The van der Waals surface area contributed by atoms with E-state index in [1.807, 2.05) is 21.7 Å². The van der Waals surface area contributed by atoms with Gasteiger partial charge in [-0.1, -0.05) is 26.2 Å². The third kappa shape index (κ3) is 3.26. The number of carbonyl (C=O) groups is 1. The van der Waals surface area contributed by atoms with Crippen LogP contribution < -0.4 is 5.69 Å². The Morgan fingerprint density at radius 2 is 2.07 bits per heavy atom. The molecular weight excluding hydrogens is 366 g/mol. The van der Waals surface area contributed by atoms with E-state index >= 15 is 0 Å². The predicted molar refractivity (Wildman–Crippen MR) is 113 cm³/mol. The van der Waals surface area contributed by atoms with Gasteiger partial charge in [-0.25, -0.2) is 9.78 Å². The minimum absolute atomic E-state index is 0.0270. The Bertz CT molecular complexity index is 1090. The molecule has 2 aliphatic rings. The summed E-state index contributed by atoms with van der Waals surface area (Å²) in [5.41, 5.74) is 2.30. The second kappa shape index (κ2) is 7.35. The molecule has 1 saturated carbocycles. The molecule has 29 heavy (non-hydrogen) atoms. The van der Waals surface area contributed by atoms with Gasteiger partial charge in [0.1, 0.15) is 5.65 Å². The second-order valence-corrected chi connectivity index (χ2v) is 8.94. The van der Waals surface area contributed by atoms with Crippen LogP contribution in [0.15, 0.2) is 23.3 Å². The van der Waals surface area contributed by atoms with E-state index in [1.165, 1.54) is 32.1 Å². The van der Waals surface area contributed by atoms with Gasteiger partial charge >= 0.3 is 5.69 Å². The van der Waals surface area contributed by atoms with Crippen molar-refractivity contribution in [2.45, 2.75) is 57.9 Å². The number of hydrogen-bond donors (Lipinski definition) is 2. The van der Waals surface area contributed by atoms with Crippen molar-refractivity contribution in [3.8, 4) is 0 Å². The number of amides is 1. The molecule has 5 rings (SSSR count). The van der Waals surface area contributed by atoms with E-state index in [4.69, 9.17) is 0 Å². The van der Waals surface area contributed by atoms with Gasteiger partial charge in [0.25, 0.3) is 0 Å². The van der Waals surface area contributed by atoms with Crippen LogP contribution in [0.25, 0.3) is 22.1 Å². The Morgan fingerprint density at radius 3 is 2.90 bits per heavy atom. The minimum atomic E-state index is -0.117. The molecule has 2 atom stereocenters. The molecule has 154 valence electrons. The Morgan fingerprint density at radius 1 is 1.24 bits per heavy atom. The fraction of sp³-hybridized carbons (Fsp3) is 0.591. The zero-order valence-electron chi connectivity index (χ0n) is 17.0. The summed E-state index contributed by atoms with van der Waals surface area (Å²) in [6.45, 7) is 3.59. The quantitative estimate of drug-likeness (QED) is 0.710. The molecule has 2 N–H and O–H groups in total. The maximum atomic E-state index is 13.0. The van der Waals surface area contributed by atoms with Gasteiger partial charge in [-0.15, -0.1) is 0 Å². The van der Waals surface area contributed by atoms with Gasteiger partial charge in [0.05, 0.1) is 23.3 Å². The molecule has 1 saturated heterocycles. The number of nitrogens with zero attached hydrogens (tertiary/aromatic N) is 3. The fourth-order valence-corrected chi connectivity index (χ4v) is 5.32. The average molecular weight is 396 g/mol. The zero-order valence-corrected chi connectivity index (χ0v) is 17.0. The van der Waals surface area contributed by atoms with Crippen molar-refractivity contribution in [2.24, 2.45) is 11.8 Å². The van der Waals surface area contributed by atoms with Gasteiger partial charge in [0.15, 0.2) is 0 Å². The number of H-pyrrole nitrogens is 2. The topological polar surface area (TPSA) is 86.8 Å². The van der Waals surface area contributed by atoms with Gasteiger partial charge in [-0.2, -0.15) is 0 Å². The fourth-order valence-electron chi connectivity index (χ4n) is 5.32. The Hall–Kier alpha value is -2.57. The number of pyridine rings is 1. The first kappa shape index (κ1) is 18.5. The van der Waals surface area contributed by atoms with Gasteiger partial charge in [0.2, 0.25) is 5.91 Å². The molecule has 0 bridgehead atoms. The van der Waals surface area contributed by atoms with Crippen LogP contribution in [0.3, 0.4) is 0 Å². The Kier molecular flexibility index (Phi) is 4.68. The smallest absolute Gasteiger partial charge is 0.326 e. The molecule has 0 spiro atoms. The number of aromatic nitrogens is 4. The number of imidazole rings is 1. The van der Waals surface area contributed by atoms with E-state index in [9.17, 15) is 9.59 Å². The molecule has 2 fully saturated rings. The number of fused-ring (bicyclic) bond motifs is 3. The maximum absolute atomic E-state index is 13.0. The largest absolute Gasteiger partial charge is 0.346 e. The van der Waals surface area contributed by atoms with Crippen LogP contribution in [0.1, 0.15) is 57.9 Å². The summed E-state index contributed by atoms with van der Waals surface area (Å²) in [4.78, 5) is 38.4. The lowest BCUT2D eigenvalue weighted by molar-refractivity contribution is -0.134. The highest BCUT2D eigenvalue weighted by Gasteiger charge is 2.33. The van der Waals surface area contributed by atoms with E-state index in [0.29, 0.717) is 24.8 Å². The molecule has 7 nitrogen and oxygen atoms in total. The number of likely N-dealkylation sites (tertiary alicyclic amines) is 1. The molecular formula is C22H29N5O2. The van der Waals surface area contributed by atoms with Crippen LogP contribution >= 0.6 is 0 Å². The summed E-state index contributed by atoms with van der Waals surface area (Å²) >= 11 is 0. The number of nitrogens with one attached hydrogen (secondary N) is 2. The number of aromatic amines is 2. The SMILES string of the molecule is CC1CCN(C(=O)CC2CCCCC2)C[C@@H]1n1c(=O)[nH]c2cnc3[nH]ccc3c21. The number of rotatable bonds is 3. The molecule has 1 unspecified atom stereocenters. The first-order valence-electron chi connectivity index (χ1n) is 11.0. The lowest BCUT2D eigenvalue weighted by atomic mass is 9.86. The standard InChI is InChI=1S/C22H29N5O2/c1-14-8-10-26(19(28)11-15-5-3-2-4-6-15)13-18(14)27-20-16-7-9-23-21(16)24-12-17(20)25-22(27)29/h7,9,12,14-15,18H,2-6,8,10-11,13H2,1H3,(H,23,24)(H,25,29)/t14?,18-/m0/s1. The monoisotopic (exact) mass is 395 g/mol. The van der Waals surface area contributed by atoms with Crippen molar-refractivity contribution in [1.82, 2.24) is 24.4 Å². The lowest BCUT2D eigenvalue weighted by Crippen LogP contribution is -2.46. The van der Waals surface area contributed by atoms with E-state index in [1.54, 1.807) is 6.20 Å². The lowest BCUT2D eigenvalue weighted by Gasteiger charge is -2.38. The summed E-state index contributed by atoms with van der Waals surface area (Å²) < 4.78 is 1.87. The normalized spacial score (nSPS) is 23.8. The summed E-state index contributed by atoms with van der Waals surface area (Å²) in [5.74, 6) is 1.12. The van der Waals surface area contributed by atoms with E-state index in [0.717, 1.165) is 35.0 Å². The van der Waals surface area contributed by atoms with E-state index in [-0.39, 0.29) is 17.6 Å². The highest BCUT2D eigenvalue weighted by molar-refractivity contribution is 6.01. The van der Waals surface area contributed by atoms with Crippen molar-refractivity contribution in [1.29, 1.82) is 0 Å². The molecule has 1 aliphatic carbocycles. The van der Waals surface area contributed by atoms with Crippen LogP contribution in [-0.4, -0.2) is 43.4 Å². The number of hydrogen-bond acceptors (Lipinski definition) is 3. The third-order valence-corrected chi connectivity index (χ3v) is 7.05. The number of carbonyl (C=O) groups excluding carboxylic acids is 1. The van der Waals surface area contributed by atoms with Gasteiger partial charge < -0.3 is 14.9 Å². The van der Waals surface area contributed by atoms with E-state index < -0.39 is 0 Å². The van der Waals surface area contributed by atoms with Crippen molar-refractivity contribution >= 4 is 28.0 Å². The molecule has 0 radical (unpaired) electrons. The zero-order chi connectivity index (χ0) is 20.0. The van der Waals surface area contributed by atoms with Crippen LogP contribution in [0.4, 0.5) is 0 Å². The predicted octanol–water partition coefficient (Wildman–Crippen LogP) is 3.59. The molecule has 3 aromatic heterocycles. The van der Waals surface area contributed by atoms with Crippen molar-refractivity contribution in [3.05, 3.63) is 28.9 Å². The first-order valence-corrected chi connectivity index (χ1v) is 11.0. The Labute approximate surface area is 169 Å². The molecule has 1 amide bonds. The van der Waals surface area contributed by atoms with E-state index in [2.05, 4.69) is 21.9 Å². The third-order valence-electron chi connectivity index (χ3n) is 7.05. The second-order valence-electron chi connectivity index (χ2n) is 8.94. The van der Waals surface area contributed by atoms with Crippen LogP contribution in [-0.2, 0) is 4.79 Å². The van der Waals surface area contributed by atoms with Crippen molar-refractivity contribution in [3.63, 3.8) is 0 Å². The van der Waals surface area contributed by atoms with Crippen molar-refractivity contribution in [2.75, 3.05) is 13.1 Å². The van der Waals surface area contributed by atoms with Gasteiger partial charge in [-0.3, -0.25) is 9.36 Å². The molecule has 4 heterocycles.